The lowest BCUT2D eigenvalue weighted by atomic mass is 10.1. The van der Waals surface area contributed by atoms with E-state index in [-0.39, 0.29) is 17.5 Å². The molecule has 0 unspecified atom stereocenters. The summed E-state index contributed by atoms with van der Waals surface area (Å²) < 4.78 is 15.4. The molecule has 2 rings (SSSR count). The summed E-state index contributed by atoms with van der Waals surface area (Å²) in [6, 6.07) is 4.57. The van der Waals surface area contributed by atoms with Crippen LogP contribution in [0.15, 0.2) is 29.6 Å². The number of carboxylic acid groups (broad SMARTS) is 1. The third-order valence-electron chi connectivity index (χ3n) is 3.09. The molecule has 1 heterocycles. The van der Waals surface area contributed by atoms with Gasteiger partial charge in [-0.15, -0.1) is 0 Å². The molecule has 0 aliphatic carbocycles. The Hall–Kier alpha value is -1.82. The Labute approximate surface area is 127 Å². The normalized spacial score (nSPS) is 11.1. The van der Waals surface area contributed by atoms with Crippen LogP contribution in [0, 0.1) is 12.7 Å². The molecule has 0 saturated carbocycles. The summed E-state index contributed by atoms with van der Waals surface area (Å²) >= 11 is 1.13. The third-order valence-corrected chi connectivity index (χ3v) is 4.02. The van der Waals surface area contributed by atoms with Crippen molar-refractivity contribution >= 4 is 17.7 Å². The topological polar surface area (TPSA) is 55.1 Å². The van der Waals surface area contributed by atoms with E-state index in [1.165, 1.54) is 12.1 Å². The highest BCUT2D eigenvalue weighted by molar-refractivity contribution is 7.99. The minimum Gasteiger partial charge on any atom is -0.481 e. The highest BCUT2D eigenvalue weighted by atomic mass is 32.2. The Morgan fingerprint density at radius 1 is 1.48 bits per heavy atom. The van der Waals surface area contributed by atoms with Crippen LogP contribution in [-0.4, -0.2) is 26.4 Å². The zero-order valence-electron chi connectivity index (χ0n) is 12.1. The van der Waals surface area contributed by atoms with Gasteiger partial charge in [0.2, 0.25) is 0 Å². The SMILES string of the molecule is Cc1ccc(F)cc1-n1c(C(C)C)cnc1SCC(=O)O. The van der Waals surface area contributed by atoms with E-state index in [4.69, 9.17) is 5.11 Å². The van der Waals surface area contributed by atoms with E-state index in [2.05, 4.69) is 4.98 Å². The number of carboxylic acids is 1. The zero-order valence-corrected chi connectivity index (χ0v) is 12.9. The second kappa shape index (κ2) is 6.30. The molecule has 0 radical (unpaired) electrons. The number of imidazole rings is 1. The molecule has 1 aromatic heterocycles. The fraction of sp³-hybridized carbons (Fsp3) is 0.333. The molecule has 0 spiro atoms. The van der Waals surface area contributed by atoms with E-state index < -0.39 is 5.97 Å². The van der Waals surface area contributed by atoms with Crippen molar-refractivity contribution in [2.45, 2.75) is 31.8 Å². The molecule has 2 aromatic rings. The Balaban J connectivity index is 2.55. The average Bonchev–Trinajstić information content (AvgIpc) is 2.83. The van der Waals surface area contributed by atoms with Gasteiger partial charge in [-0.05, 0) is 30.5 Å². The lowest BCUT2D eigenvalue weighted by Crippen LogP contribution is -2.07. The highest BCUT2D eigenvalue weighted by Gasteiger charge is 2.17. The molecule has 0 aliphatic heterocycles. The lowest BCUT2D eigenvalue weighted by Gasteiger charge is -2.16. The van der Waals surface area contributed by atoms with Gasteiger partial charge in [0.1, 0.15) is 5.82 Å². The van der Waals surface area contributed by atoms with E-state index in [1.54, 1.807) is 12.3 Å². The van der Waals surface area contributed by atoms with Crippen LogP contribution in [-0.2, 0) is 4.79 Å². The standard InChI is InChI=1S/C15H17FN2O2S/c1-9(2)13-7-17-15(21-8-14(19)20)18(13)12-6-11(16)5-4-10(12)3/h4-7,9H,8H2,1-3H3,(H,19,20). The molecular weight excluding hydrogens is 291 g/mol. The van der Waals surface area contributed by atoms with Gasteiger partial charge in [-0.25, -0.2) is 9.37 Å². The van der Waals surface area contributed by atoms with Crippen LogP contribution in [0.4, 0.5) is 4.39 Å². The van der Waals surface area contributed by atoms with Crippen molar-refractivity contribution in [3.05, 3.63) is 41.5 Å². The first-order valence-electron chi connectivity index (χ1n) is 6.59. The van der Waals surface area contributed by atoms with Crippen LogP contribution in [0.2, 0.25) is 0 Å². The summed E-state index contributed by atoms with van der Waals surface area (Å²) in [6.45, 7) is 5.94. The van der Waals surface area contributed by atoms with Gasteiger partial charge in [-0.1, -0.05) is 31.7 Å². The van der Waals surface area contributed by atoms with Crippen molar-refractivity contribution in [1.29, 1.82) is 0 Å². The Kier molecular flexibility index (Phi) is 4.67. The number of aromatic nitrogens is 2. The van der Waals surface area contributed by atoms with Gasteiger partial charge in [-0.2, -0.15) is 0 Å². The molecule has 0 fully saturated rings. The fourth-order valence-electron chi connectivity index (χ4n) is 2.05. The van der Waals surface area contributed by atoms with Crippen LogP contribution >= 0.6 is 11.8 Å². The maximum absolute atomic E-state index is 13.6. The van der Waals surface area contributed by atoms with Crippen molar-refractivity contribution in [2.75, 3.05) is 5.75 Å². The molecular formula is C15H17FN2O2S. The van der Waals surface area contributed by atoms with Crippen molar-refractivity contribution in [1.82, 2.24) is 9.55 Å². The van der Waals surface area contributed by atoms with Crippen molar-refractivity contribution in [3.8, 4) is 5.69 Å². The largest absolute Gasteiger partial charge is 0.481 e. The van der Waals surface area contributed by atoms with Crippen LogP contribution in [0.1, 0.15) is 31.0 Å². The molecule has 0 aliphatic rings. The quantitative estimate of drug-likeness (QED) is 0.857. The molecule has 1 N–H and O–H groups in total. The second-order valence-electron chi connectivity index (χ2n) is 5.07. The number of aliphatic carboxylic acids is 1. The summed E-state index contributed by atoms with van der Waals surface area (Å²) in [7, 11) is 0. The summed E-state index contributed by atoms with van der Waals surface area (Å²) in [5, 5.41) is 9.40. The van der Waals surface area contributed by atoms with Gasteiger partial charge in [0.05, 0.1) is 17.6 Å². The first-order chi connectivity index (χ1) is 9.90. The van der Waals surface area contributed by atoms with Crippen molar-refractivity contribution in [2.24, 2.45) is 0 Å². The van der Waals surface area contributed by atoms with Crippen LogP contribution in [0.5, 0.6) is 0 Å². The molecule has 0 saturated heterocycles. The molecule has 0 amide bonds. The average molecular weight is 308 g/mol. The number of rotatable bonds is 5. The van der Waals surface area contributed by atoms with E-state index in [0.29, 0.717) is 10.8 Å². The number of carbonyl (C=O) groups is 1. The van der Waals surface area contributed by atoms with Gasteiger partial charge in [0, 0.05) is 5.69 Å². The first kappa shape index (κ1) is 15.6. The molecule has 0 bridgehead atoms. The van der Waals surface area contributed by atoms with Gasteiger partial charge in [0.15, 0.2) is 5.16 Å². The number of hydrogen-bond donors (Lipinski definition) is 1. The summed E-state index contributed by atoms with van der Waals surface area (Å²) in [5.41, 5.74) is 2.54. The Morgan fingerprint density at radius 2 is 2.19 bits per heavy atom. The monoisotopic (exact) mass is 308 g/mol. The predicted octanol–water partition coefficient (Wildman–Crippen LogP) is 3.62. The van der Waals surface area contributed by atoms with E-state index in [1.807, 2.05) is 25.3 Å². The lowest BCUT2D eigenvalue weighted by molar-refractivity contribution is -0.133. The van der Waals surface area contributed by atoms with E-state index >= 15 is 0 Å². The van der Waals surface area contributed by atoms with Crippen LogP contribution in [0.3, 0.4) is 0 Å². The Morgan fingerprint density at radius 3 is 2.81 bits per heavy atom. The maximum Gasteiger partial charge on any atom is 0.313 e. The van der Waals surface area contributed by atoms with Crippen molar-refractivity contribution in [3.63, 3.8) is 0 Å². The fourth-order valence-corrected chi connectivity index (χ4v) is 2.76. The van der Waals surface area contributed by atoms with E-state index in [9.17, 15) is 9.18 Å². The maximum atomic E-state index is 13.6. The summed E-state index contributed by atoms with van der Waals surface area (Å²) in [4.78, 5) is 15.1. The van der Waals surface area contributed by atoms with E-state index in [0.717, 1.165) is 23.0 Å². The molecule has 4 nitrogen and oxygen atoms in total. The van der Waals surface area contributed by atoms with Crippen LogP contribution in [0.25, 0.3) is 5.69 Å². The molecule has 1 aromatic carbocycles. The van der Waals surface area contributed by atoms with Gasteiger partial charge >= 0.3 is 5.97 Å². The smallest absolute Gasteiger partial charge is 0.313 e. The van der Waals surface area contributed by atoms with Crippen LogP contribution < -0.4 is 0 Å². The predicted molar refractivity (Wildman–Crippen MR) is 80.7 cm³/mol. The number of benzene rings is 1. The molecule has 6 heteroatoms. The number of nitrogens with zero attached hydrogens (tertiary/aromatic N) is 2. The minimum atomic E-state index is -0.906. The number of halogens is 1. The number of thioether (sulfide) groups is 1. The third kappa shape index (κ3) is 3.44. The minimum absolute atomic E-state index is 0.0804. The highest BCUT2D eigenvalue weighted by Crippen LogP contribution is 2.29. The molecule has 0 atom stereocenters. The summed E-state index contributed by atoms with van der Waals surface area (Å²) in [6.07, 6.45) is 1.72. The molecule has 112 valence electrons. The van der Waals surface area contributed by atoms with Gasteiger partial charge < -0.3 is 5.11 Å². The Bertz CT molecular complexity index is 668. The zero-order chi connectivity index (χ0) is 15.6. The summed E-state index contributed by atoms with van der Waals surface area (Å²) in [5.74, 6) is -1.12. The number of hydrogen-bond acceptors (Lipinski definition) is 3. The van der Waals surface area contributed by atoms with Gasteiger partial charge in [-0.3, -0.25) is 9.36 Å². The van der Waals surface area contributed by atoms with Crippen molar-refractivity contribution < 1.29 is 14.3 Å². The van der Waals surface area contributed by atoms with Gasteiger partial charge in [0.25, 0.3) is 0 Å². The molecule has 21 heavy (non-hydrogen) atoms. The number of aryl methyl sites for hydroxylation is 1. The first-order valence-corrected chi connectivity index (χ1v) is 7.57. The second-order valence-corrected chi connectivity index (χ2v) is 6.01.